The standard InChI is InChI=1S/C16H25NO2/c1-11(2)13-6-4-7-14-15(17-10-12(3)18)8-5-9-19-16(13)14/h4,6-7,11-12,15,17-18H,5,8-10H2,1-3H3. The highest BCUT2D eigenvalue weighted by Crippen LogP contribution is 2.37. The third-order valence-electron chi connectivity index (χ3n) is 3.62. The Balaban J connectivity index is 2.28. The smallest absolute Gasteiger partial charge is 0.127 e. The molecular weight excluding hydrogens is 238 g/mol. The lowest BCUT2D eigenvalue weighted by Gasteiger charge is -2.21. The third kappa shape index (κ3) is 3.48. The second-order valence-corrected chi connectivity index (χ2v) is 5.72. The Morgan fingerprint density at radius 2 is 2.16 bits per heavy atom. The van der Waals surface area contributed by atoms with E-state index >= 15 is 0 Å². The number of benzene rings is 1. The molecular formula is C16H25NO2. The van der Waals surface area contributed by atoms with Crippen LogP contribution in [0.15, 0.2) is 18.2 Å². The summed E-state index contributed by atoms with van der Waals surface area (Å²) in [5.74, 6) is 1.52. The number of nitrogens with one attached hydrogen (secondary N) is 1. The maximum absolute atomic E-state index is 9.45. The number of rotatable bonds is 4. The lowest BCUT2D eigenvalue weighted by atomic mass is 9.94. The molecule has 0 radical (unpaired) electrons. The van der Waals surface area contributed by atoms with Crippen molar-refractivity contribution in [2.75, 3.05) is 13.2 Å². The average molecular weight is 263 g/mol. The first-order valence-electron chi connectivity index (χ1n) is 7.26. The van der Waals surface area contributed by atoms with Gasteiger partial charge in [-0.2, -0.15) is 0 Å². The zero-order valence-electron chi connectivity index (χ0n) is 12.1. The zero-order chi connectivity index (χ0) is 13.8. The van der Waals surface area contributed by atoms with Gasteiger partial charge < -0.3 is 15.2 Å². The van der Waals surface area contributed by atoms with E-state index in [1.165, 1.54) is 11.1 Å². The van der Waals surface area contributed by atoms with Crippen LogP contribution in [0.2, 0.25) is 0 Å². The number of fused-ring (bicyclic) bond motifs is 1. The number of aliphatic hydroxyl groups excluding tert-OH is 1. The minimum absolute atomic E-state index is 0.283. The molecule has 0 saturated carbocycles. The minimum Gasteiger partial charge on any atom is -0.493 e. The van der Waals surface area contributed by atoms with Gasteiger partial charge in [0.1, 0.15) is 5.75 Å². The van der Waals surface area contributed by atoms with Crippen molar-refractivity contribution in [3.05, 3.63) is 29.3 Å². The van der Waals surface area contributed by atoms with Crippen LogP contribution in [0.25, 0.3) is 0 Å². The summed E-state index contributed by atoms with van der Waals surface area (Å²) in [4.78, 5) is 0. The minimum atomic E-state index is -0.319. The zero-order valence-corrected chi connectivity index (χ0v) is 12.1. The monoisotopic (exact) mass is 263 g/mol. The van der Waals surface area contributed by atoms with Crippen molar-refractivity contribution in [2.45, 2.75) is 51.7 Å². The third-order valence-corrected chi connectivity index (χ3v) is 3.62. The highest BCUT2D eigenvalue weighted by Gasteiger charge is 2.22. The Morgan fingerprint density at radius 3 is 2.84 bits per heavy atom. The van der Waals surface area contributed by atoms with Gasteiger partial charge in [0.15, 0.2) is 0 Å². The van der Waals surface area contributed by atoms with Crippen molar-refractivity contribution >= 4 is 0 Å². The molecule has 2 rings (SSSR count). The van der Waals surface area contributed by atoms with E-state index in [0.717, 1.165) is 25.2 Å². The fraction of sp³-hybridized carbons (Fsp3) is 0.625. The van der Waals surface area contributed by atoms with E-state index in [2.05, 4.69) is 37.4 Å². The van der Waals surface area contributed by atoms with Crippen molar-refractivity contribution in [1.82, 2.24) is 5.32 Å². The van der Waals surface area contributed by atoms with E-state index in [1.807, 2.05) is 6.92 Å². The Bertz CT molecular complexity index is 415. The van der Waals surface area contributed by atoms with Gasteiger partial charge in [-0.3, -0.25) is 0 Å². The Labute approximate surface area is 116 Å². The van der Waals surface area contributed by atoms with Crippen molar-refractivity contribution in [1.29, 1.82) is 0 Å². The molecule has 0 bridgehead atoms. The lowest BCUT2D eigenvalue weighted by molar-refractivity contribution is 0.185. The van der Waals surface area contributed by atoms with Crippen molar-refractivity contribution in [3.8, 4) is 5.75 Å². The SMILES string of the molecule is CC(O)CNC1CCCOc2c(C(C)C)cccc21. The van der Waals surface area contributed by atoms with E-state index in [0.29, 0.717) is 12.5 Å². The van der Waals surface area contributed by atoms with E-state index in [-0.39, 0.29) is 12.1 Å². The summed E-state index contributed by atoms with van der Waals surface area (Å²) in [5, 5.41) is 12.9. The molecule has 0 spiro atoms. The van der Waals surface area contributed by atoms with E-state index in [9.17, 15) is 5.11 Å². The molecule has 1 aromatic carbocycles. The van der Waals surface area contributed by atoms with Crippen LogP contribution in [-0.4, -0.2) is 24.4 Å². The van der Waals surface area contributed by atoms with Gasteiger partial charge in [0.05, 0.1) is 12.7 Å². The normalized spacial score (nSPS) is 20.6. The quantitative estimate of drug-likeness (QED) is 0.877. The van der Waals surface area contributed by atoms with Crippen molar-refractivity contribution in [3.63, 3.8) is 0 Å². The summed E-state index contributed by atoms with van der Waals surface area (Å²) in [6.45, 7) is 7.61. The molecule has 106 valence electrons. The molecule has 0 aromatic heterocycles. The van der Waals surface area contributed by atoms with Gasteiger partial charge in [0.2, 0.25) is 0 Å². The highest BCUT2D eigenvalue weighted by atomic mass is 16.5. The summed E-state index contributed by atoms with van der Waals surface area (Å²) in [6, 6.07) is 6.69. The van der Waals surface area contributed by atoms with Crippen molar-refractivity contribution < 1.29 is 9.84 Å². The van der Waals surface area contributed by atoms with E-state index < -0.39 is 0 Å². The predicted molar refractivity (Wildman–Crippen MR) is 77.7 cm³/mol. The maximum Gasteiger partial charge on any atom is 0.127 e. The van der Waals surface area contributed by atoms with Crippen LogP contribution in [0, 0.1) is 0 Å². The predicted octanol–water partition coefficient (Wildman–Crippen LogP) is 2.99. The molecule has 2 atom stereocenters. The Morgan fingerprint density at radius 1 is 1.37 bits per heavy atom. The molecule has 2 unspecified atom stereocenters. The van der Waals surface area contributed by atoms with Crippen LogP contribution < -0.4 is 10.1 Å². The number of para-hydroxylation sites is 1. The first kappa shape index (κ1) is 14.4. The fourth-order valence-corrected chi connectivity index (χ4v) is 2.61. The van der Waals surface area contributed by atoms with Gasteiger partial charge in [0.25, 0.3) is 0 Å². The molecule has 0 amide bonds. The van der Waals surface area contributed by atoms with E-state index in [1.54, 1.807) is 0 Å². The second kappa shape index (κ2) is 6.40. The molecule has 0 aliphatic carbocycles. The summed E-state index contributed by atoms with van der Waals surface area (Å²) < 4.78 is 5.98. The fourth-order valence-electron chi connectivity index (χ4n) is 2.61. The summed E-state index contributed by atoms with van der Waals surface area (Å²) in [6.07, 6.45) is 1.78. The maximum atomic E-state index is 9.45. The summed E-state index contributed by atoms with van der Waals surface area (Å²) >= 11 is 0. The molecule has 1 heterocycles. The van der Waals surface area contributed by atoms with Crippen LogP contribution >= 0.6 is 0 Å². The van der Waals surface area contributed by atoms with Gasteiger partial charge in [0, 0.05) is 18.2 Å². The van der Waals surface area contributed by atoms with Crippen molar-refractivity contribution in [2.24, 2.45) is 0 Å². The summed E-state index contributed by atoms with van der Waals surface area (Å²) in [7, 11) is 0. The van der Waals surface area contributed by atoms with Crippen LogP contribution in [0.1, 0.15) is 56.7 Å². The first-order chi connectivity index (χ1) is 9.09. The van der Waals surface area contributed by atoms with Crippen LogP contribution in [0.5, 0.6) is 5.75 Å². The van der Waals surface area contributed by atoms with Crippen LogP contribution in [0.4, 0.5) is 0 Å². The number of ether oxygens (including phenoxy) is 1. The van der Waals surface area contributed by atoms with Gasteiger partial charge in [-0.25, -0.2) is 0 Å². The highest BCUT2D eigenvalue weighted by molar-refractivity contribution is 5.45. The Hall–Kier alpha value is -1.06. The van der Waals surface area contributed by atoms with Gasteiger partial charge in [-0.15, -0.1) is 0 Å². The summed E-state index contributed by atoms with van der Waals surface area (Å²) in [5.41, 5.74) is 2.52. The molecule has 1 aliphatic heterocycles. The number of hydrogen-bond acceptors (Lipinski definition) is 3. The molecule has 0 fully saturated rings. The van der Waals surface area contributed by atoms with E-state index in [4.69, 9.17) is 4.74 Å². The molecule has 0 saturated heterocycles. The Kier molecular flexibility index (Phi) is 4.83. The topological polar surface area (TPSA) is 41.5 Å². The molecule has 19 heavy (non-hydrogen) atoms. The first-order valence-corrected chi connectivity index (χ1v) is 7.26. The van der Waals surface area contributed by atoms with Crippen LogP contribution in [0.3, 0.4) is 0 Å². The molecule has 2 N–H and O–H groups in total. The lowest BCUT2D eigenvalue weighted by Crippen LogP contribution is -2.28. The average Bonchev–Trinajstić information content (AvgIpc) is 2.57. The molecule has 3 heteroatoms. The van der Waals surface area contributed by atoms with Gasteiger partial charge in [-0.1, -0.05) is 32.0 Å². The number of hydrogen-bond donors (Lipinski definition) is 2. The van der Waals surface area contributed by atoms with Crippen LogP contribution in [-0.2, 0) is 0 Å². The largest absolute Gasteiger partial charge is 0.493 e. The number of aliphatic hydroxyl groups is 1. The second-order valence-electron chi connectivity index (χ2n) is 5.72. The molecule has 3 nitrogen and oxygen atoms in total. The van der Waals surface area contributed by atoms with Gasteiger partial charge in [-0.05, 0) is 31.2 Å². The van der Waals surface area contributed by atoms with Gasteiger partial charge >= 0.3 is 0 Å². The molecule has 1 aromatic rings. The molecule has 1 aliphatic rings.